The number of nitrogens with two attached hydrogens (primary N) is 1. The molecule has 3 aromatic carbocycles. The van der Waals surface area contributed by atoms with Gasteiger partial charge in [0.15, 0.2) is 0 Å². The lowest BCUT2D eigenvalue weighted by atomic mass is 10.0. The van der Waals surface area contributed by atoms with Gasteiger partial charge in [0, 0.05) is 17.9 Å². The molecule has 140 valence electrons. The van der Waals surface area contributed by atoms with Crippen molar-refractivity contribution in [2.75, 3.05) is 7.11 Å². The predicted octanol–water partition coefficient (Wildman–Crippen LogP) is 4.77. The fourth-order valence-corrected chi connectivity index (χ4v) is 3.70. The number of rotatable bonds is 5. The average Bonchev–Trinajstić information content (AvgIpc) is 3.05. The number of ether oxygens (including phenoxy) is 1. The Morgan fingerprint density at radius 1 is 1.00 bits per heavy atom. The fourth-order valence-electron chi connectivity index (χ4n) is 3.70. The van der Waals surface area contributed by atoms with Crippen LogP contribution in [0, 0.1) is 6.92 Å². The highest BCUT2D eigenvalue weighted by atomic mass is 16.5. The van der Waals surface area contributed by atoms with Gasteiger partial charge in [0.25, 0.3) is 5.91 Å². The summed E-state index contributed by atoms with van der Waals surface area (Å²) in [7, 11) is 1.65. The minimum atomic E-state index is -0.413. The van der Waals surface area contributed by atoms with Crippen molar-refractivity contribution < 1.29 is 9.53 Å². The van der Waals surface area contributed by atoms with Crippen LogP contribution < -0.4 is 10.5 Å². The van der Waals surface area contributed by atoms with Crippen LogP contribution in [0.1, 0.15) is 21.6 Å². The number of hydrogen-bond acceptors (Lipinski definition) is 2. The second-order valence-electron chi connectivity index (χ2n) is 6.85. The van der Waals surface area contributed by atoms with Crippen molar-refractivity contribution in [3.05, 3.63) is 89.6 Å². The minimum Gasteiger partial charge on any atom is -0.497 e. The first-order chi connectivity index (χ1) is 13.6. The molecular formula is C24H22N2O2. The standard InChI is InChI=1S/C24H22N2O2/c1-16-22(24(25)27)14-23(18-10-12-20(28-2)13-11-18)26(16)15-19-8-5-7-17-6-3-4-9-21(17)19/h3-14H,15H2,1-2H3,(H2,25,27). The summed E-state index contributed by atoms with van der Waals surface area (Å²) in [5.41, 5.74) is 10.2. The van der Waals surface area contributed by atoms with E-state index in [4.69, 9.17) is 10.5 Å². The molecule has 1 aromatic heterocycles. The molecule has 1 heterocycles. The summed E-state index contributed by atoms with van der Waals surface area (Å²) in [6.45, 7) is 2.60. The zero-order chi connectivity index (χ0) is 19.7. The molecule has 0 spiro atoms. The number of methoxy groups -OCH3 is 1. The summed E-state index contributed by atoms with van der Waals surface area (Å²) >= 11 is 0. The van der Waals surface area contributed by atoms with E-state index in [1.165, 1.54) is 16.3 Å². The number of benzene rings is 3. The number of nitrogens with zero attached hydrogens (tertiary/aromatic N) is 1. The molecule has 0 aliphatic heterocycles. The molecule has 0 saturated carbocycles. The highest BCUT2D eigenvalue weighted by Crippen LogP contribution is 2.29. The number of carbonyl (C=O) groups excluding carboxylic acids is 1. The molecule has 28 heavy (non-hydrogen) atoms. The first-order valence-corrected chi connectivity index (χ1v) is 9.19. The molecule has 0 saturated heterocycles. The summed E-state index contributed by atoms with van der Waals surface area (Å²) in [6, 6.07) is 24.4. The molecule has 0 atom stereocenters. The summed E-state index contributed by atoms with van der Waals surface area (Å²) in [5, 5.41) is 2.41. The van der Waals surface area contributed by atoms with E-state index in [1.807, 2.05) is 49.4 Å². The SMILES string of the molecule is COc1ccc(-c2cc(C(N)=O)c(C)n2Cc2cccc3ccccc23)cc1. The molecule has 1 amide bonds. The molecule has 4 heteroatoms. The van der Waals surface area contributed by atoms with E-state index in [0.29, 0.717) is 12.1 Å². The molecular weight excluding hydrogens is 348 g/mol. The lowest BCUT2D eigenvalue weighted by Crippen LogP contribution is -2.12. The van der Waals surface area contributed by atoms with Gasteiger partial charge in [-0.05, 0) is 59.2 Å². The molecule has 0 unspecified atom stereocenters. The number of aromatic nitrogens is 1. The number of fused-ring (bicyclic) bond motifs is 1. The van der Waals surface area contributed by atoms with Gasteiger partial charge >= 0.3 is 0 Å². The van der Waals surface area contributed by atoms with Crippen LogP contribution in [0.25, 0.3) is 22.0 Å². The second-order valence-corrected chi connectivity index (χ2v) is 6.85. The first-order valence-electron chi connectivity index (χ1n) is 9.19. The van der Waals surface area contributed by atoms with Crippen molar-refractivity contribution >= 4 is 16.7 Å². The summed E-state index contributed by atoms with van der Waals surface area (Å²) in [6.07, 6.45) is 0. The van der Waals surface area contributed by atoms with Gasteiger partial charge < -0.3 is 15.0 Å². The van der Waals surface area contributed by atoms with Crippen LogP contribution in [0.4, 0.5) is 0 Å². The van der Waals surface area contributed by atoms with Crippen LogP contribution in [0.2, 0.25) is 0 Å². The Hall–Kier alpha value is -3.53. The van der Waals surface area contributed by atoms with Gasteiger partial charge in [0.2, 0.25) is 0 Å². The number of primary amides is 1. The van der Waals surface area contributed by atoms with E-state index >= 15 is 0 Å². The monoisotopic (exact) mass is 370 g/mol. The van der Waals surface area contributed by atoms with Gasteiger partial charge in [-0.15, -0.1) is 0 Å². The Balaban J connectivity index is 1.86. The van der Waals surface area contributed by atoms with Crippen molar-refractivity contribution in [2.24, 2.45) is 5.73 Å². The smallest absolute Gasteiger partial charge is 0.250 e. The lowest BCUT2D eigenvalue weighted by molar-refractivity contribution is 0.0999. The Kier molecular flexibility index (Phi) is 4.62. The molecule has 4 rings (SSSR count). The van der Waals surface area contributed by atoms with E-state index in [0.717, 1.165) is 22.7 Å². The van der Waals surface area contributed by atoms with Crippen LogP contribution in [0.15, 0.2) is 72.8 Å². The van der Waals surface area contributed by atoms with Crippen LogP contribution in [0.5, 0.6) is 5.75 Å². The largest absolute Gasteiger partial charge is 0.497 e. The molecule has 0 bridgehead atoms. The Labute approximate surface area is 164 Å². The maximum absolute atomic E-state index is 12.0. The topological polar surface area (TPSA) is 57.2 Å². The normalized spacial score (nSPS) is 10.9. The molecule has 4 nitrogen and oxygen atoms in total. The highest BCUT2D eigenvalue weighted by molar-refractivity contribution is 5.95. The third kappa shape index (κ3) is 3.14. The van der Waals surface area contributed by atoms with Crippen LogP contribution in [0.3, 0.4) is 0 Å². The predicted molar refractivity (Wildman–Crippen MR) is 113 cm³/mol. The van der Waals surface area contributed by atoms with E-state index < -0.39 is 5.91 Å². The molecule has 0 aliphatic carbocycles. The zero-order valence-corrected chi connectivity index (χ0v) is 16.0. The molecule has 0 aliphatic rings. The lowest BCUT2D eigenvalue weighted by Gasteiger charge is -2.14. The van der Waals surface area contributed by atoms with Crippen LogP contribution >= 0.6 is 0 Å². The quantitative estimate of drug-likeness (QED) is 0.550. The van der Waals surface area contributed by atoms with E-state index in [2.05, 4.69) is 34.9 Å². The van der Waals surface area contributed by atoms with E-state index in [9.17, 15) is 4.79 Å². The average molecular weight is 370 g/mol. The zero-order valence-electron chi connectivity index (χ0n) is 16.0. The number of carbonyl (C=O) groups is 1. The van der Waals surface area contributed by atoms with Gasteiger partial charge in [0.1, 0.15) is 5.75 Å². The van der Waals surface area contributed by atoms with Gasteiger partial charge in [-0.25, -0.2) is 0 Å². The van der Waals surface area contributed by atoms with Crippen molar-refractivity contribution in [1.29, 1.82) is 0 Å². The molecule has 0 radical (unpaired) electrons. The minimum absolute atomic E-state index is 0.413. The Morgan fingerprint density at radius 2 is 1.71 bits per heavy atom. The summed E-state index contributed by atoms with van der Waals surface area (Å²) < 4.78 is 7.42. The summed E-state index contributed by atoms with van der Waals surface area (Å²) in [5.74, 6) is 0.381. The molecule has 0 fully saturated rings. The van der Waals surface area contributed by atoms with Gasteiger partial charge in [-0.1, -0.05) is 42.5 Å². The second kappa shape index (κ2) is 7.24. The molecule has 4 aromatic rings. The Bertz CT molecular complexity index is 1150. The fraction of sp³-hybridized carbons (Fsp3) is 0.125. The van der Waals surface area contributed by atoms with Crippen LogP contribution in [-0.4, -0.2) is 17.6 Å². The van der Waals surface area contributed by atoms with Crippen molar-refractivity contribution in [3.8, 4) is 17.0 Å². The van der Waals surface area contributed by atoms with Gasteiger partial charge in [-0.3, -0.25) is 4.79 Å². The third-order valence-electron chi connectivity index (χ3n) is 5.23. The molecule has 2 N–H and O–H groups in total. The maximum Gasteiger partial charge on any atom is 0.250 e. The number of hydrogen-bond donors (Lipinski definition) is 1. The van der Waals surface area contributed by atoms with Crippen molar-refractivity contribution in [1.82, 2.24) is 4.57 Å². The highest BCUT2D eigenvalue weighted by Gasteiger charge is 2.17. The Morgan fingerprint density at radius 3 is 2.43 bits per heavy atom. The van der Waals surface area contributed by atoms with E-state index in [1.54, 1.807) is 7.11 Å². The van der Waals surface area contributed by atoms with E-state index in [-0.39, 0.29) is 0 Å². The maximum atomic E-state index is 12.0. The van der Waals surface area contributed by atoms with Gasteiger partial charge in [0.05, 0.1) is 12.7 Å². The van der Waals surface area contributed by atoms with Gasteiger partial charge in [-0.2, -0.15) is 0 Å². The first kappa shape index (κ1) is 17.9. The van der Waals surface area contributed by atoms with Crippen molar-refractivity contribution in [3.63, 3.8) is 0 Å². The summed E-state index contributed by atoms with van der Waals surface area (Å²) in [4.78, 5) is 12.0. The van der Waals surface area contributed by atoms with Crippen LogP contribution in [-0.2, 0) is 6.54 Å². The van der Waals surface area contributed by atoms with Crippen molar-refractivity contribution in [2.45, 2.75) is 13.5 Å². The number of amides is 1. The third-order valence-corrected chi connectivity index (χ3v) is 5.23.